The Morgan fingerprint density at radius 2 is 2.29 bits per heavy atom. The van der Waals surface area contributed by atoms with Crippen molar-refractivity contribution >= 4 is 33.4 Å². The predicted molar refractivity (Wildman–Crippen MR) is 75.2 cm³/mol. The van der Waals surface area contributed by atoms with E-state index in [4.69, 9.17) is 5.73 Å². The van der Waals surface area contributed by atoms with Crippen LogP contribution in [0, 0.1) is 10.1 Å². The summed E-state index contributed by atoms with van der Waals surface area (Å²) in [5, 5.41) is 10.6. The fraction of sp³-hybridized carbons (Fsp3) is 0.455. The van der Waals surface area contributed by atoms with E-state index in [1.54, 1.807) is 23.9 Å². The standard InChI is InChI=1S/C11H15BrN2O2S/c1-8(13)4-5-17-7-9-2-3-10(14(15)16)6-11(9)12/h2-3,6,8H,4-5,7,13H2,1H3. The molecule has 0 spiro atoms. The topological polar surface area (TPSA) is 69.2 Å². The number of hydrogen-bond donors (Lipinski definition) is 1. The molecule has 0 amide bonds. The average molecular weight is 319 g/mol. The van der Waals surface area contributed by atoms with Gasteiger partial charge in [0, 0.05) is 28.4 Å². The lowest BCUT2D eigenvalue weighted by Crippen LogP contribution is -2.15. The highest BCUT2D eigenvalue weighted by Gasteiger charge is 2.08. The van der Waals surface area contributed by atoms with Crippen LogP contribution in [0.2, 0.25) is 0 Å². The van der Waals surface area contributed by atoms with Crippen LogP contribution in [0.1, 0.15) is 18.9 Å². The summed E-state index contributed by atoms with van der Waals surface area (Å²) >= 11 is 5.14. The van der Waals surface area contributed by atoms with E-state index in [0.717, 1.165) is 28.0 Å². The number of nitrogens with two attached hydrogens (primary N) is 1. The molecule has 6 heteroatoms. The maximum atomic E-state index is 10.6. The molecular formula is C11H15BrN2O2S. The second kappa shape index (κ2) is 6.98. The van der Waals surface area contributed by atoms with E-state index in [1.165, 1.54) is 6.07 Å². The number of thioether (sulfide) groups is 1. The fourth-order valence-corrected chi connectivity index (χ4v) is 3.07. The van der Waals surface area contributed by atoms with Crippen LogP contribution in [0.4, 0.5) is 5.69 Å². The summed E-state index contributed by atoms with van der Waals surface area (Å²) in [6.07, 6.45) is 0.981. The zero-order valence-electron chi connectivity index (χ0n) is 9.56. The number of rotatable bonds is 6. The Kier molecular flexibility index (Phi) is 5.94. The highest BCUT2D eigenvalue weighted by atomic mass is 79.9. The van der Waals surface area contributed by atoms with Crippen LogP contribution in [0.3, 0.4) is 0 Å². The number of halogens is 1. The molecule has 0 aliphatic rings. The molecule has 17 heavy (non-hydrogen) atoms. The summed E-state index contributed by atoms with van der Waals surface area (Å²) in [4.78, 5) is 10.2. The summed E-state index contributed by atoms with van der Waals surface area (Å²) in [5.41, 5.74) is 6.84. The maximum Gasteiger partial charge on any atom is 0.270 e. The lowest BCUT2D eigenvalue weighted by Gasteiger charge is -2.06. The first-order valence-corrected chi connectivity index (χ1v) is 7.21. The second-order valence-electron chi connectivity index (χ2n) is 3.85. The van der Waals surface area contributed by atoms with Gasteiger partial charge in [0.2, 0.25) is 0 Å². The molecule has 0 aliphatic heterocycles. The summed E-state index contributed by atoms with van der Waals surface area (Å²) in [5.74, 6) is 1.84. The van der Waals surface area contributed by atoms with Crippen LogP contribution in [-0.4, -0.2) is 16.7 Å². The molecule has 0 heterocycles. The number of benzene rings is 1. The molecule has 0 fully saturated rings. The zero-order valence-corrected chi connectivity index (χ0v) is 12.0. The van der Waals surface area contributed by atoms with Crippen LogP contribution < -0.4 is 5.73 Å². The summed E-state index contributed by atoms with van der Waals surface area (Å²) in [7, 11) is 0. The number of non-ortho nitro benzene ring substituents is 1. The van der Waals surface area contributed by atoms with Crippen molar-refractivity contribution < 1.29 is 4.92 Å². The molecule has 1 atom stereocenters. The van der Waals surface area contributed by atoms with E-state index in [0.29, 0.717) is 0 Å². The van der Waals surface area contributed by atoms with Crippen molar-refractivity contribution in [1.82, 2.24) is 0 Å². The van der Waals surface area contributed by atoms with Crippen molar-refractivity contribution in [3.63, 3.8) is 0 Å². The summed E-state index contributed by atoms with van der Waals surface area (Å²) in [6.45, 7) is 1.99. The molecule has 0 radical (unpaired) electrons. The average Bonchev–Trinajstić information content (AvgIpc) is 2.25. The van der Waals surface area contributed by atoms with Gasteiger partial charge in [0.25, 0.3) is 5.69 Å². The van der Waals surface area contributed by atoms with E-state index in [9.17, 15) is 10.1 Å². The molecule has 1 unspecified atom stereocenters. The first-order valence-electron chi connectivity index (χ1n) is 5.27. The van der Waals surface area contributed by atoms with Gasteiger partial charge in [-0.1, -0.05) is 22.0 Å². The molecule has 0 aliphatic carbocycles. The second-order valence-corrected chi connectivity index (χ2v) is 5.81. The van der Waals surface area contributed by atoms with Gasteiger partial charge >= 0.3 is 0 Å². The van der Waals surface area contributed by atoms with Crippen LogP contribution in [0.25, 0.3) is 0 Å². The van der Waals surface area contributed by atoms with Crippen molar-refractivity contribution in [2.45, 2.75) is 25.1 Å². The van der Waals surface area contributed by atoms with Crippen molar-refractivity contribution in [3.05, 3.63) is 38.3 Å². The van der Waals surface area contributed by atoms with Gasteiger partial charge in [-0.15, -0.1) is 0 Å². The number of nitro groups is 1. The Morgan fingerprint density at radius 3 is 2.82 bits per heavy atom. The molecule has 94 valence electrons. The minimum absolute atomic E-state index is 0.112. The first kappa shape index (κ1) is 14.5. The molecule has 4 nitrogen and oxygen atoms in total. The normalized spacial score (nSPS) is 12.4. The quantitative estimate of drug-likeness (QED) is 0.496. The van der Waals surface area contributed by atoms with Gasteiger partial charge in [0.1, 0.15) is 0 Å². The van der Waals surface area contributed by atoms with E-state index >= 15 is 0 Å². The molecule has 1 rings (SSSR count). The fourth-order valence-electron chi connectivity index (χ4n) is 1.22. The Hall–Kier alpha value is -0.590. The third-order valence-electron chi connectivity index (χ3n) is 2.22. The molecule has 0 saturated heterocycles. The number of hydrogen-bond acceptors (Lipinski definition) is 4. The van der Waals surface area contributed by atoms with Gasteiger partial charge in [-0.25, -0.2) is 0 Å². The van der Waals surface area contributed by atoms with E-state index in [1.807, 2.05) is 6.92 Å². The van der Waals surface area contributed by atoms with Crippen LogP contribution in [-0.2, 0) is 5.75 Å². The van der Waals surface area contributed by atoms with Gasteiger partial charge in [-0.05, 0) is 24.7 Å². The molecule has 0 bridgehead atoms. The minimum atomic E-state index is -0.391. The van der Waals surface area contributed by atoms with E-state index in [2.05, 4.69) is 15.9 Å². The van der Waals surface area contributed by atoms with E-state index < -0.39 is 4.92 Å². The summed E-state index contributed by atoms with van der Waals surface area (Å²) in [6, 6.07) is 5.09. The number of nitro benzene ring substituents is 1. The van der Waals surface area contributed by atoms with Gasteiger partial charge in [0.05, 0.1) is 4.92 Å². The Morgan fingerprint density at radius 1 is 1.59 bits per heavy atom. The summed E-state index contributed by atoms with van der Waals surface area (Å²) < 4.78 is 0.792. The number of nitrogens with zero attached hydrogens (tertiary/aromatic N) is 1. The van der Waals surface area contributed by atoms with Gasteiger partial charge in [-0.2, -0.15) is 11.8 Å². The van der Waals surface area contributed by atoms with Crippen LogP contribution in [0.5, 0.6) is 0 Å². The monoisotopic (exact) mass is 318 g/mol. The van der Waals surface area contributed by atoms with E-state index in [-0.39, 0.29) is 11.7 Å². The minimum Gasteiger partial charge on any atom is -0.328 e. The molecule has 0 aromatic heterocycles. The largest absolute Gasteiger partial charge is 0.328 e. The SMILES string of the molecule is CC(N)CCSCc1ccc([N+](=O)[O-])cc1Br. The van der Waals surface area contributed by atoms with Crippen LogP contribution in [0.15, 0.2) is 22.7 Å². The molecular weight excluding hydrogens is 304 g/mol. The van der Waals surface area contributed by atoms with Crippen molar-refractivity contribution in [2.75, 3.05) is 5.75 Å². The zero-order chi connectivity index (χ0) is 12.8. The molecule has 2 N–H and O–H groups in total. The molecule has 1 aromatic rings. The highest BCUT2D eigenvalue weighted by Crippen LogP contribution is 2.26. The predicted octanol–water partition coefficient (Wildman–Crippen LogP) is 3.33. The van der Waals surface area contributed by atoms with Gasteiger partial charge < -0.3 is 5.73 Å². The third-order valence-corrected chi connectivity index (χ3v) is 4.00. The smallest absolute Gasteiger partial charge is 0.270 e. The molecule has 1 aromatic carbocycles. The molecule has 0 saturated carbocycles. The Bertz CT molecular complexity index is 399. The Labute approximate surface area is 113 Å². The van der Waals surface area contributed by atoms with Gasteiger partial charge in [0.15, 0.2) is 0 Å². The highest BCUT2D eigenvalue weighted by molar-refractivity contribution is 9.10. The van der Waals surface area contributed by atoms with Crippen molar-refractivity contribution in [2.24, 2.45) is 5.73 Å². The van der Waals surface area contributed by atoms with Crippen molar-refractivity contribution in [3.8, 4) is 0 Å². The maximum absolute atomic E-state index is 10.6. The Balaban J connectivity index is 2.52. The lowest BCUT2D eigenvalue weighted by atomic mass is 10.2. The van der Waals surface area contributed by atoms with Crippen LogP contribution >= 0.6 is 27.7 Å². The lowest BCUT2D eigenvalue weighted by molar-refractivity contribution is -0.384. The van der Waals surface area contributed by atoms with Crippen molar-refractivity contribution in [1.29, 1.82) is 0 Å². The van der Waals surface area contributed by atoms with Gasteiger partial charge in [-0.3, -0.25) is 10.1 Å². The first-order chi connectivity index (χ1) is 8.00. The third kappa shape index (κ3) is 5.06.